The molecule has 0 saturated carbocycles. The summed E-state index contributed by atoms with van der Waals surface area (Å²) in [5, 5.41) is 3.62. The lowest BCUT2D eigenvalue weighted by atomic mass is 10.0. The maximum Gasteiger partial charge on any atom is 0.00510 e. The molecule has 0 aliphatic carbocycles. The molecule has 2 saturated heterocycles. The highest BCUT2D eigenvalue weighted by atomic mass is 15.2. The van der Waals surface area contributed by atoms with Crippen LogP contribution in [0, 0.1) is 11.8 Å². The molecule has 2 aliphatic heterocycles. The Bertz CT molecular complexity index is 232. The molecule has 100 valence electrons. The highest BCUT2D eigenvalue weighted by Gasteiger charge is 2.23. The van der Waals surface area contributed by atoms with E-state index in [4.69, 9.17) is 0 Å². The summed E-state index contributed by atoms with van der Waals surface area (Å²) >= 11 is 0. The van der Waals surface area contributed by atoms with E-state index < -0.39 is 0 Å². The van der Waals surface area contributed by atoms with Crippen molar-refractivity contribution in [3.8, 4) is 0 Å². The number of nitrogens with zero attached hydrogens (tertiary/aromatic N) is 2. The molecule has 0 aromatic carbocycles. The summed E-state index contributed by atoms with van der Waals surface area (Å²) < 4.78 is 0. The Labute approximate surface area is 107 Å². The van der Waals surface area contributed by atoms with E-state index in [1.54, 1.807) is 0 Å². The maximum absolute atomic E-state index is 3.62. The highest BCUT2D eigenvalue weighted by Crippen LogP contribution is 2.17. The average Bonchev–Trinajstić information content (AvgIpc) is 2.67. The van der Waals surface area contributed by atoms with Crippen LogP contribution in [0.2, 0.25) is 0 Å². The van der Waals surface area contributed by atoms with Crippen LogP contribution in [0.1, 0.15) is 26.7 Å². The van der Waals surface area contributed by atoms with Crippen molar-refractivity contribution in [1.29, 1.82) is 0 Å². The van der Waals surface area contributed by atoms with Crippen molar-refractivity contribution in [2.24, 2.45) is 11.8 Å². The molecule has 17 heavy (non-hydrogen) atoms. The van der Waals surface area contributed by atoms with Crippen LogP contribution in [-0.4, -0.2) is 62.2 Å². The Morgan fingerprint density at radius 2 is 1.94 bits per heavy atom. The van der Waals surface area contributed by atoms with Gasteiger partial charge in [0.05, 0.1) is 0 Å². The average molecular weight is 239 g/mol. The van der Waals surface area contributed by atoms with Gasteiger partial charge >= 0.3 is 0 Å². The first kappa shape index (κ1) is 13.3. The van der Waals surface area contributed by atoms with Crippen LogP contribution < -0.4 is 5.32 Å². The number of hydrogen-bond donors (Lipinski definition) is 1. The second-order valence-corrected chi connectivity index (χ2v) is 6.38. The van der Waals surface area contributed by atoms with Crippen LogP contribution in [0.4, 0.5) is 0 Å². The molecule has 0 spiro atoms. The fraction of sp³-hybridized carbons (Fsp3) is 1.00. The first-order valence-electron chi connectivity index (χ1n) is 7.27. The smallest absolute Gasteiger partial charge is 0.00510 e. The lowest BCUT2D eigenvalue weighted by Crippen LogP contribution is -2.44. The Balaban J connectivity index is 1.81. The Morgan fingerprint density at radius 1 is 1.12 bits per heavy atom. The van der Waals surface area contributed by atoms with Gasteiger partial charge in [-0.05, 0) is 58.3 Å². The number of hydrogen-bond acceptors (Lipinski definition) is 3. The van der Waals surface area contributed by atoms with Gasteiger partial charge in [-0.3, -0.25) is 0 Å². The quantitative estimate of drug-likeness (QED) is 0.782. The standard InChI is InChI=1S/C14H29N3/c1-12-8-15-13(2)4-7-17(9-12)11-14-5-6-16(3)10-14/h12-15H,4-11H2,1-3H3. The van der Waals surface area contributed by atoms with Crippen LogP contribution in [0.25, 0.3) is 0 Å². The van der Waals surface area contributed by atoms with Gasteiger partial charge in [0.2, 0.25) is 0 Å². The molecular weight excluding hydrogens is 210 g/mol. The fourth-order valence-electron chi connectivity index (χ4n) is 3.18. The van der Waals surface area contributed by atoms with Crippen molar-refractivity contribution in [1.82, 2.24) is 15.1 Å². The third-order valence-electron chi connectivity index (χ3n) is 4.27. The van der Waals surface area contributed by atoms with E-state index in [2.05, 4.69) is 36.0 Å². The molecule has 0 aromatic rings. The van der Waals surface area contributed by atoms with Crippen molar-refractivity contribution in [2.45, 2.75) is 32.7 Å². The minimum absolute atomic E-state index is 0.687. The molecule has 0 aromatic heterocycles. The maximum atomic E-state index is 3.62. The largest absolute Gasteiger partial charge is 0.314 e. The van der Waals surface area contributed by atoms with Gasteiger partial charge in [-0.25, -0.2) is 0 Å². The van der Waals surface area contributed by atoms with Crippen LogP contribution in [0.3, 0.4) is 0 Å². The monoisotopic (exact) mass is 239 g/mol. The van der Waals surface area contributed by atoms with Gasteiger partial charge in [0.15, 0.2) is 0 Å². The van der Waals surface area contributed by atoms with Crippen molar-refractivity contribution in [3.05, 3.63) is 0 Å². The lowest BCUT2D eigenvalue weighted by Gasteiger charge is -2.32. The topological polar surface area (TPSA) is 18.5 Å². The van der Waals surface area contributed by atoms with Crippen LogP contribution >= 0.6 is 0 Å². The van der Waals surface area contributed by atoms with Gasteiger partial charge in [0.1, 0.15) is 0 Å². The molecule has 3 atom stereocenters. The van der Waals surface area contributed by atoms with Crippen molar-refractivity contribution >= 4 is 0 Å². The van der Waals surface area contributed by atoms with E-state index in [0.717, 1.165) is 11.8 Å². The van der Waals surface area contributed by atoms with Gasteiger partial charge in [0, 0.05) is 25.7 Å². The SMILES string of the molecule is CC1CNC(C)CCN(CC2CCN(C)C2)C1. The molecule has 0 radical (unpaired) electrons. The second-order valence-electron chi connectivity index (χ2n) is 6.38. The molecule has 2 heterocycles. The van der Waals surface area contributed by atoms with Crippen LogP contribution in [0.5, 0.6) is 0 Å². The van der Waals surface area contributed by atoms with E-state index in [0.29, 0.717) is 6.04 Å². The Morgan fingerprint density at radius 3 is 2.65 bits per heavy atom. The van der Waals surface area contributed by atoms with Crippen molar-refractivity contribution in [2.75, 3.05) is 46.3 Å². The molecule has 0 bridgehead atoms. The zero-order valence-corrected chi connectivity index (χ0v) is 11.8. The Kier molecular flexibility index (Phi) is 4.83. The van der Waals surface area contributed by atoms with Gasteiger partial charge in [-0.1, -0.05) is 6.92 Å². The molecule has 1 N–H and O–H groups in total. The molecule has 3 heteroatoms. The second kappa shape index (κ2) is 6.17. The summed E-state index contributed by atoms with van der Waals surface area (Å²) in [6, 6.07) is 0.687. The summed E-state index contributed by atoms with van der Waals surface area (Å²) in [7, 11) is 2.25. The molecular formula is C14H29N3. The third-order valence-corrected chi connectivity index (χ3v) is 4.27. The summed E-state index contributed by atoms with van der Waals surface area (Å²) in [4.78, 5) is 5.19. The molecule has 2 rings (SSSR count). The summed E-state index contributed by atoms with van der Waals surface area (Å²) in [6.07, 6.45) is 2.70. The van der Waals surface area contributed by atoms with Gasteiger partial charge in [-0.15, -0.1) is 0 Å². The predicted octanol–water partition coefficient (Wildman–Crippen LogP) is 1.26. The zero-order valence-electron chi connectivity index (χ0n) is 11.8. The molecule has 0 amide bonds. The summed E-state index contributed by atoms with van der Waals surface area (Å²) in [5.41, 5.74) is 0. The predicted molar refractivity (Wildman–Crippen MR) is 73.3 cm³/mol. The first-order valence-corrected chi connectivity index (χ1v) is 7.27. The van der Waals surface area contributed by atoms with E-state index in [1.165, 1.54) is 52.1 Å². The molecule has 2 aliphatic rings. The molecule has 3 nitrogen and oxygen atoms in total. The van der Waals surface area contributed by atoms with Gasteiger partial charge in [-0.2, -0.15) is 0 Å². The van der Waals surface area contributed by atoms with Gasteiger partial charge < -0.3 is 15.1 Å². The van der Waals surface area contributed by atoms with Crippen LogP contribution in [-0.2, 0) is 0 Å². The molecule has 2 fully saturated rings. The Hall–Kier alpha value is -0.120. The van der Waals surface area contributed by atoms with Crippen molar-refractivity contribution < 1.29 is 0 Å². The number of rotatable bonds is 2. The summed E-state index contributed by atoms with van der Waals surface area (Å²) in [6.45, 7) is 12.4. The minimum Gasteiger partial charge on any atom is -0.314 e. The zero-order chi connectivity index (χ0) is 12.3. The van der Waals surface area contributed by atoms with Crippen molar-refractivity contribution in [3.63, 3.8) is 0 Å². The van der Waals surface area contributed by atoms with Crippen LogP contribution in [0.15, 0.2) is 0 Å². The number of likely N-dealkylation sites (tertiary alicyclic amines) is 1. The summed E-state index contributed by atoms with van der Waals surface area (Å²) in [5.74, 6) is 1.70. The molecule has 3 unspecified atom stereocenters. The van der Waals surface area contributed by atoms with E-state index in [9.17, 15) is 0 Å². The fourth-order valence-corrected chi connectivity index (χ4v) is 3.18. The normalized spacial score (nSPS) is 37.9. The van der Waals surface area contributed by atoms with Gasteiger partial charge in [0.25, 0.3) is 0 Å². The first-order chi connectivity index (χ1) is 8.13. The van der Waals surface area contributed by atoms with E-state index in [-0.39, 0.29) is 0 Å². The minimum atomic E-state index is 0.687. The third kappa shape index (κ3) is 4.23. The highest BCUT2D eigenvalue weighted by molar-refractivity contribution is 4.79. The number of nitrogens with one attached hydrogen (secondary N) is 1. The lowest BCUT2D eigenvalue weighted by molar-refractivity contribution is 0.176. The van der Waals surface area contributed by atoms with E-state index in [1.807, 2.05) is 0 Å². The van der Waals surface area contributed by atoms with E-state index >= 15 is 0 Å².